The fourth-order valence-corrected chi connectivity index (χ4v) is 1.15. The van der Waals surface area contributed by atoms with Crippen LogP contribution in [0, 0.1) is 0 Å². The van der Waals surface area contributed by atoms with E-state index in [-0.39, 0.29) is 0 Å². The first kappa shape index (κ1) is 8.27. The van der Waals surface area contributed by atoms with E-state index in [1.54, 1.807) is 7.11 Å². The van der Waals surface area contributed by atoms with Gasteiger partial charge in [-0.3, -0.25) is 0 Å². The predicted octanol–water partition coefficient (Wildman–Crippen LogP) is 2.03. The van der Waals surface area contributed by atoms with Crippen LogP contribution in [0.2, 0.25) is 0 Å². The van der Waals surface area contributed by atoms with Crippen molar-refractivity contribution in [2.75, 3.05) is 19.5 Å². The summed E-state index contributed by atoms with van der Waals surface area (Å²) in [5.74, 6) is 0.798. The van der Waals surface area contributed by atoms with Crippen LogP contribution in [0.25, 0.3) is 0 Å². The third-order valence-electron chi connectivity index (χ3n) is 1.47. The molecule has 1 aromatic rings. The fourth-order valence-electron chi connectivity index (χ4n) is 0.845. The van der Waals surface area contributed by atoms with Gasteiger partial charge in [0.2, 0.25) is 0 Å². The number of rotatable bonds is 2. The molecule has 2 nitrogen and oxygen atoms in total. The van der Waals surface area contributed by atoms with Crippen LogP contribution >= 0.6 is 12.6 Å². The van der Waals surface area contributed by atoms with Gasteiger partial charge in [-0.2, -0.15) is 0 Å². The smallest absolute Gasteiger partial charge is 0.132 e. The lowest BCUT2D eigenvalue weighted by molar-refractivity contribution is 0.405. The van der Waals surface area contributed by atoms with Gasteiger partial charge >= 0.3 is 0 Å². The Balaban J connectivity index is 2.99. The molecule has 0 radical (unpaired) electrons. The number of anilines is 1. The second-order valence-electron chi connectivity index (χ2n) is 2.14. The maximum absolute atomic E-state index is 5.04. The lowest BCUT2D eigenvalue weighted by atomic mass is 10.3. The lowest BCUT2D eigenvalue weighted by Gasteiger charge is -2.05. The number of methoxy groups -OCH3 is 1. The minimum atomic E-state index is 0.798. The molecule has 0 amide bonds. The summed E-state index contributed by atoms with van der Waals surface area (Å²) in [5.41, 5.74) is 1.04. The molecule has 0 fully saturated rings. The molecule has 0 aliphatic rings. The Kier molecular flexibility index (Phi) is 2.65. The van der Waals surface area contributed by atoms with Crippen LogP contribution in [-0.4, -0.2) is 14.2 Å². The molecular formula is C8H11NOS. The van der Waals surface area contributed by atoms with E-state index < -0.39 is 0 Å². The zero-order valence-corrected chi connectivity index (χ0v) is 7.48. The molecule has 0 bridgehead atoms. The van der Waals surface area contributed by atoms with E-state index in [0.29, 0.717) is 0 Å². The van der Waals surface area contributed by atoms with E-state index in [1.165, 1.54) is 0 Å². The van der Waals surface area contributed by atoms with Crippen LogP contribution in [0.5, 0.6) is 5.75 Å². The summed E-state index contributed by atoms with van der Waals surface area (Å²) in [6.45, 7) is 0. The van der Waals surface area contributed by atoms with Crippen molar-refractivity contribution in [3.63, 3.8) is 0 Å². The summed E-state index contributed by atoms with van der Waals surface area (Å²) in [4.78, 5) is 0.847. The fraction of sp³-hybridized carbons (Fsp3) is 0.250. The number of benzene rings is 1. The van der Waals surface area contributed by atoms with Gasteiger partial charge in [-0.1, -0.05) is 0 Å². The van der Waals surface area contributed by atoms with Crippen molar-refractivity contribution in [2.24, 2.45) is 0 Å². The molecular weight excluding hydrogens is 158 g/mol. The summed E-state index contributed by atoms with van der Waals surface area (Å²) in [5, 5.41) is 3.01. The van der Waals surface area contributed by atoms with Crippen LogP contribution < -0.4 is 10.1 Å². The van der Waals surface area contributed by atoms with Crippen molar-refractivity contribution in [3.8, 4) is 5.75 Å². The molecule has 1 rings (SSSR count). The highest BCUT2D eigenvalue weighted by atomic mass is 32.1. The van der Waals surface area contributed by atoms with E-state index in [4.69, 9.17) is 4.74 Å². The van der Waals surface area contributed by atoms with Gasteiger partial charge < -0.3 is 10.1 Å². The van der Waals surface area contributed by atoms with E-state index in [1.807, 2.05) is 25.2 Å². The van der Waals surface area contributed by atoms with Gasteiger partial charge in [0.25, 0.3) is 0 Å². The summed E-state index contributed by atoms with van der Waals surface area (Å²) in [6.07, 6.45) is 0. The standard InChI is InChI=1S/C8H11NOS/c1-9-6-3-4-7(10-2)8(11)5-6/h3-5,9,11H,1-2H3. The molecule has 0 heterocycles. The van der Waals surface area contributed by atoms with Crippen molar-refractivity contribution in [1.29, 1.82) is 0 Å². The third kappa shape index (κ3) is 1.80. The number of nitrogens with one attached hydrogen (secondary N) is 1. The zero-order chi connectivity index (χ0) is 8.27. The summed E-state index contributed by atoms with van der Waals surface area (Å²) < 4.78 is 5.04. The Morgan fingerprint density at radius 2 is 2.18 bits per heavy atom. The molecule has 0 spiro atoms. The molecule has 0 aliphatic heterocycles. The molecule has 0 saturated heterocycles. The Bertz CT molecular complexity index is 250. The van der Waals surface area contributed by atoms with Crippen LogP contribution in [-0.2, 0) is 0 Å². The second-order valence-corrected chi connectivity index (χ2v) is 2.62. The van der Waals surface area contributed by atoms with E-state index in [2.05, 4.69) is 17.9 Å². The van der Waals surface area contributed by atoms with Crippen LogP contribution in [0.15, 0.2) is 23.1 Å². The van der Waals surface area contributed by atoms with Gasteiger partial charge in [-0.25, -0.2) is 0 Å². The first-order valence-electron chi connectivity index (χ1n) is 3.32. The van der Waals surface area contributed by atoms with E-state index >= 15 is 0 Å². The van der Waals surface area contributed by atoms with Gasteiger partial charge in [-0.05, 0) is 18.2 Å². The molecule has 60 valence electrons. The molecule has 0 unspecified atom stereocenters. The van der Waals surface area contributed by atoms with Crippen molar-refractivity contribution in [1.82, 2.24) is 0 Å². The zero-order valence-electron chi connectivity index (χ0n) is 6.59. The largest absolute Gasteiger partial charge is 0.496 e. The minimum absolute atomic E-state index is 0.798. The Morgan fingerprint density at radius 3 is 2.64 bits per heavy atom. The highest BCUT2D eigenvalue weighted by molar-refractivity contribution is 7.80. The lowest BCUT2D eigenvalue weighted by Crippen LogP contribution is -1.89. The second kappa shape index (κ2) is 3.53. The highest BCUT2D eigenvalue weighted by Crippen LogP contribution is 2.24. The number of hydrogen-bond donors (Lipinski definition) is 2. The molecule has 1 aromatic carbocycles. The molecule has 0 aliphatic carbocycles. The maximum atomic E-state index is 5.04. The normalized spacial score (nSPS) is 9.36. The van der Waals surface area contributed by atoms with Crippen LogP contribution in [0.1, 0.15) is 0 Å². The first-order valence-corrected chi connectivity index (χ1v) is 3.77. The highest BCUT2D eigenvalue weighted by Gasteiger charge is 1.97. The molecule has 1 N–H and O–H groups in total. The quantitative estimate of drug-likeness (QED) is 0.661. The van der Waals surface area contributed by atoms with E-state index in [0.717, 1.165) is 16.3 Å². The predicted molar refractivity (Wildman–Crippen MR) is 49.8 cm³/mol. The first-order chi connectivity index (χ1) is 5.27. The van der Waals surface area contributed by atoms with Crippen molar-refractivity contribution in [3.05, 3.63) is 18.2 Å². The molecule has 0 aromatic heterocycles. The van der Waals surface area contributed by atoms with Crippen molar-refractivity contribution < 1.29 is 4.74 Å². The van der Waals surface area contributed by atoms with E-state index in [9.17, 15) is 0 Å². The maximum Gasteiger partial charge on any atom is 0.132 e. The summed E-state index contributed by atoms with van der Waals surface area (Å²) >= 11 is 4.24. The molecule has 0 atom stereocenters. The third-order valence-corrected chi connectivity index (χ3v) is 1.82. The number of hydrogen-bond acceptors (Lipinski definition) is 3. The van der Waals surface area contributed by atoms with Gasteiger partial charge in [0.15, 0.2) is 0 Å². The molecule has 11 heavy (non-hydrogen) atoms. The number of ether oxygens (including phenoxy) is 1. The minimum Gasteiger partial charge on any atom is -0.496 e. The van der Waals surface area contributed by atoms with Gasteiger partial charge in [0, 0.05) is 17.6 Å². The topological polar surface area (TPSA) is 21.3 Å². The van der Waals surface area contributed by atoms with Crippen molar-refractivity contribution in [2.45, 2.75) is 4.90 Å². The molecule has 3 heteroatoms. The van der Waals surface area contributed by atoms with Crippen LogP contribution in [0.3, 0.4) is 0 Å². The molecule has 0 saturated carbocycles. The SMILES string of the molecule is CNc1ccc(OC)c(S)c1. The van der Waals surface area contributed by atoms with Crippen molar-refractivity contribution >= 4 is 18.3 Å². The summed E-state index contributed by atoms with van der Waals surface area (Å²) in [6, 6.07) is 5.74. The average Bonchev–Trinajstić information content (AvgIpc) is 2.04. The van der Waals surface area contributed by atoms with Gasteiger partial charge in [0.05, 0.1) is 7.11 Å². The van der Waals surface area contributed by atoms with Gasteiger partial charge in [0.1, 0.15) is 5.75 Å². The Labute approximate surface area is 72.0 Å². The van der Waals surface area contributed by atoms with Gasteiger partial charge in [-0.15, -0.1) is 12.6 Å². The average molecular weight is 169 g/mol. The Hall–Kier alpha value is -0.830. The number of thiol groups is 1. The van der Waals surface area contributed by atoms with Crippen LogP contribution in [0.4, 0.5) is 5.69 Å². The Morgan fingerprint density at radius 1 is 1.45 bits per heavy atom. The summed E-state index contributed by atoms with van der Waals surface area (Å²) in [7, 11) is 3.50. The monoisotopic (exact) mass is 169 g/mol.